The van der Waals surface area contributed by atoms with Crippen molar-refractivity contribution in [3.8, 4) is 6.07 Å². The van der Waals surface area contributed by atoms with Crippen LogP contribution in [0.2, 0.25) is 0 Å². The van der Waals surface area contributed by atoms with Gasteiger partial charge in [-0.25, -0.2) is 4.79 Å². The van der Waals surface area contributed by atoms with Gasteiger partial charge in [-0.15, -0.1) is 0 Å². The van der Waals surface area contributed by atoms with E-state index in [0.717, 1.165) is 32.7 Å². The molecular formula is C15H24N4O3. The number of carboxylic acid groups (broad SMARTS) is 1. The number of amides is 1. The number of nitriles is 1. The average molecular weight is 308 g/mol. The predicted octanol–water partition coefficient (Wildman–Crippen LogP) is 0.257. The fourth-order valence-corrected chi connectivity index (χ4v) is 2.26. The standard InChI is InChI=1S/C15H24N4O3/c1-4-18-5-7-19(8-6-18)10-12(9-16)14(20)17-13(11(2)3)15(21)22/h10-11,13H,4-8H2,1-3H3,(H,17,20)(H,21,22)/b12-10-. The average Bonchev–Trinajstić information content (AvgIpc) is 2.49. The summed E-state index contributed by atoms with van der Waals surface area (Å²) in [5.74, 6) is -1.99. The third-order valence-electron chi connectivity index (χ3n) is 3.75. The third-order valence-corrected chi connectivity index (χ3v) is 3.75. The summed E-state index contributed by atoms with van der Waals surface area (Å²) in [4.78, 5) is 27.4. The van der Waals surface area contributed by atoms with E-state index < -0.39 is 17.9 Å². The van der Waals surface area contributed by atoms with Gasteiger partial charge in [0.05, 0.1) is 0 Å². The molecule has 1 atom stereocenters. The third kappa shape index (κ3) is 5.04. The zero-order chi connectivity index (χ0) is 16.7. The Morgan fingerprint density at radius 2 is 1.91 bits per heavy atom. The number of rotatable bonds is 6. The van der Waals surface area contributed by atoms with Crippen LogP contribution in [0.4, 0.5) is 0 Å². The summed E-state index contributed by atoms with van der Waals surface area (Å²) in [5.41, 5.74) is -0.0585. The van der Waals surface area contributed by atoms with Gasteiger partial charge in [0.2, 0.25) is 0 Å². The van der Waals surface area contributed by atoms with Gasteiger partial charge in [-0.05, 0) is 12.5 Å². The van der Waals surface area contributed by atoms with Crippen molar-refractivity contribution in [3.05, 3.63) is 11.8 Å². The highest BCUT2D eigenvalue weighted by molar-refractivity contribution is 5.99. The number of aliphatic carboxylic acids is 1. The van der Waals surface area contributed by atoms with E-state index in [2.05, 4.69) is 17.1 Å². The van der Waals surface area contributed by atoms with Crippen LogP contribution in [0.25, 0.3) is 0 Å². The van der Waals surface area contributed by atoms with Crippen LogP contribution in [0.5, 0.6) is 0 Å². The number of hydrogen-bond acceptors (Lipinski definition) is 5. The second kappa shape index (κ2) is 8.39. The van der Waals surface area contributed by atoms with Crippen molar-refractivity contribution in [2.24, 2.45) is 5.92 Å². The van der Waals surface area contributed by atoms with Crippen LogP contribution in [-0.4, -0.2) is 65.5 Å². The molecule has 0 aromatic heterocycles. The summed E-state index contributed by atoms with van der Waals surface area (Å²) in [7, 11) is 0. The van der Waals surface area contributed by atoms with Crippen molar-refractivity contribution in [3.63, 3.8) is 0 Å². The maximum Gasteiger partial charge on any atom is 0.326 e. The molecule has 2 N–H and O–H groups in total. The molecule has 1 heterocycles. The zero-order valence-corrected chi connectivity index (χ0v) is 13.4. The first-order chi connectivity index (χ1) is 10.4. The van der Waals surface area contributed by atoms with Crippen LogP contribution in [-0.2, 0) is 9.59 Å². The largest absolute Gasteiger partial charge is 0.480 e. The van der Waals surface area contributed by atoms with Crippen LogP contribution in [0.15, 0.2) is 11.8 Å². The molecule has 22 heavy (non-hydrogen) atoms. The molecular weight excluding hydrogens is 284 g/mol. The highest BCUT2D eigenvalue weighted by Crippen LogP contribution is 2.07. The predicted molar refractivity (Wildman–Crippen MR) is 81.8 cm³/mol. The van der Waals surface area contributed by atoms with Crippen molar-refractivity contribution in [2.45, 2.75) is 26.8 Å². The summed E-state index contributed by atoms with van der Waals surface area (Å²) < 4.78 is 0. The summed E-state index contributed by atoms with van der Waals surface area (Å²) in [5, 5.41) is 20.7. The maximum atomic E-state index is 12.1. The van der Waals surface area contributed by atoms with Crippen molar-refractivity contribution < 1.29 is 14.7 Å². The molecule has 1 aliphatic heterocycles. The Kier molecular flexibility index (Phi) is 6.86. The fourth-order valence-electron chi connectivity index (χ4n) is 2.26. The molecule has 1 unspecified atom stereocenters. The van der Waals surface area contributed by atoms with E-state index in [1.165, 1.54) is 6.20 Å². The van der Waals surface area contributed by atoms with E-state index in [-0.39, 0.29) is 11.5 Å². The van der Waals surface area contributed by atoms with Crippen LogP contribution < -0.4 is 5.32 Å². The quantitative estimate of drug-likeness (QED) is 0.539. The lowest BCUT2D eigenvalue weighted by molar-refractivity contribution is -0.142. The van der Waals surface area contributed by atoms with E-state index in [1.807, 2.05) is 11.0 Å². The molecule has 0 aromatic carbocycles. The number of hydrogen-bond donors (Lipinski definition) is 2. The smallest absolute Gasteiger partial charge is 0.326 e. The van der Waals surface area contributed by atoms with E-state index in [4.69, 9.17) is 10.4 Å². The molecule has 0 aliphatic carbocycles. The van der Waals surface area contributed by atoms with Gasteiger partial charge >= 0.3 is 5.97 Å². The molecule has 0 spiro atoms. The highest BCUT2D eigenvalue weighted by Gasteiger charge is 2.25. The number of nitrogens with zero attached hydrogens (tertiary/aromatic N) is 3. The number of nitrogens with one attached hydrogen (secondary N) is 1. The Morgan fingerprint density at radius 3 is 2.32 bits per heavy atom. The number of piperazine rings is 1. The molecule has 1 saturated heterocycles. The second-order valence-corrected chi connectivity index (χ2v) is 5.66. The van der Waals surface area contributed by atoms with E-state index >= 15 is 0 Å². The molecule has 1 rings (SSSR count). The minimum Gasteiger partial charge on any atom is -0.480 e. The molecule has 1 aliphatic rings. The highest BCUT2D eigenvalue weighted by atomic mass is 16.4. The van der Waals surface area contributed by atoms with Crippen LogP contribution in [0.1, 0.15) is 20.8 Å². The van der Waals surface area contributed by atoms with Gasteiger partial charge < -0.3 is 20.2 Å². The number of carbonyl (C=O) groups excluding carboxylic acids is 1. The molecule has 1 amide bonds. The van der Waals surface area contributed by atoms with Gasteiger partial charge in [0.15, 0.2) is 0 Å². The van der Waals surface area contributed by atoms with Crippen molar-refractivity contribution >= 4 is 11.9 Å². The van der Waals surface area contributed by atoms with Crippen LogP contribution >= 0.6 is 0 Å². The van der Waals surface area contributed by atoms with E-state index in [1.54, 1.807) is 13.8 Å². The van der Waals surface area contributed by atoms with E-state index in [0.29, 0.717) is 0 Å². The van der Waals surface area contributed by atoms with Crippen LogP contribution in [0.3, 0.4) is 0 Å². The van der Waals surface area contributed by atoms with Crippen molar-refractivity contribution in [1.29, 1.82) is 5.26 Å². The zero-order valence-electron chi connectivity index (χ0n) is 13.4. The first kappa shape index (κ1) is 18.0. The number of carboxylic acids is 1. The van der Waals surface area contributed by atoms with Crippen LogP contribution in [0, 0.1) is 17.2 Å². The Balaban J connectivity index is 2.70. The number of likely N-dealkylation sites (N-methyl/N-ethyl adjacent to an activating group) is 1. The fraction of sp³-hybridized carbons (Fsp3) is 0.667. The summed E-state index contributed by atoms with van der Waals surface area (Å²) in [6, 6.07) is 0.860. The lowest BCUT2D eigenvalue weighted by Gasteiger charge is -2.33. The summed E-state index contributed by atoms with van der Waals surface area (Å²) >= 11 is 0. The molecule has 7 heteroatoms. The maximum absolute atomic E-state index is 12.1. The van der Waals surface area contributed by atoms with Gasteiger partial charge in [0.25, 0.3) is 5.91 Å². The Morgan fingerprint density at radius 1 is 1.32 bits per heavy atom. The topological polar surface area (TPSA) is 96.7 Å². The first-order valence-electron chi connectivity index (χ1n) is 7.51. The van der Waals surface area contributed by atoms with Gasteiger partial charge in [0.1, 0.15) is 17.7 Å². The normalized spacial score (nSPS) is 18.0. The van der Waals surface area contributed by atoms with Crippen molar-refractivity contribution in [2.75, 3.05) is 32.7 Å². The minimum atomic E-state index is -1.10. The second-order valence-electron chi connectivity index (χ2n) is 5.66. The van der Waals surface area contributed by atoms with Gasteiger partial charge in [-0.2, -0.15) is 5.26 Å². The monoisotopic (exact) mass is 308 g/mol. The Bertz CT molecular complexity index is 474. The molecule has 0 radical (unpaired) electrons. The molecule has 7 nitrogen and oxygen atoms in total. The van der Waals surface area contributed by atoms with Crippen molar-refractivity contribution in [1.82, 2.24) is 15.1 Å². The Hall–Kier alpha value is -2.07. The molecule has 0 saturated carbocycles. The first-order valence-corrected chi connectivity index (χ1v) is 7.51. The molecule has 0 aromatic rings. The lowest BCUT2D eigenvalue weighted by atomic mass is 10.0. The number of carbonyl (C=O) groups is 2. The molecule has 122 valence electrons. The summed E-state index contributed by atoms with van der Waals surface area (Å²) in [6.07, 6.45) is 1.53. The van der Waals surface area contributed by atoms with Gasteiger partial charge in [-0.3, -0.25) is 4.79 Å². The molecule has 0 bridgehead atoms. The van der Waals surface area contributed by atoms with E-state index in [9.17, 15) is 9.59 Å². The van der Waals surface area contributed by atoms with Gasteiger partial charge in [-0.1, -0.05) is 20.8 Å². The lowest BCUT2D eigenvalue weighted by Crippen LogP contribution is -2.46. The molecule has 1 fully saturated rings. The Labute approximate surface area is 131 Å². The SMILES string of the molecule is CCN1CCN(/C=C(/C#N)C(=O)NC(C(=O)O)C(C)C)CC1. The minimum absolute atomic E-state index is 0.0585. The van der Waals surface area contributed by atoms with Gasteiger partial charge in [0, 0.05) is 32.4 Å². The summed E-state index contributed by atoms with van der Waals surface area (Å²) in [6.45, 7) is 9.76.